The van der Waals surface area contributed by atoms with Gasteiger partial charge in [0.2, 0.25) is 4.38 Å². The summed E-state index contributed by atoms with van der Waals surface area (Å²) in [5, 5.41) is -0.109. The number of carbonyl (C=O) groups is 1. The van der Waals surface area contributed by atoms with Crippen LogP contribution in [0.5, 0.6) is 5.75 Å². The van der Waals surface area contributed by atoms with Gasteiger partial charge in [-0.1, -0.05) is 12.1 Å². The van der Waals surface area contributed by atoms with E-state index < -0.39 is 0 Å². The van der Waals surface area contributed by atoms with Crippen molar-refractivity contribution >= 4 is 33.6 Å². The minimum Gasteiger partial charge on any atom is -0.497 e. The zero-order valence-electron chi connectivity index (χ0n) is 13.7. The van der Waals surface area contributed by atoms with Crippen LogP contribution in [0.4, 0.5) is 4.79 Å². The van der Waals surface area contributed by atoms with Gasteiger partial charge in [0.15, 0.2) is 0 Å². The maximum absolute atomic E-state index is 12.5. The topological polar surface area (TPSA) is 38.8 Å². The number of ether oxygens (including phenoxy) is 2. The Labute approximate surface area is 142 Å². The molecule has 122 valence electrons. The highest BCUT2D eigenvalue weighted by atomic mass is 32.2. The molecule has 22 heavy (non-hydrogen) atoms. The van der Waals surface area contributed by atoms with Gasteiger partial charge in [-0.15, -0.1) is 0 Å². The average molecular weight is 341 g/mol. The van der Waals surface area contributed by atoms with Crippen LogP contribution in [-0.2, 0) is 11.3 Å². The van der Waals surface area contributed by atoms with E-state index >= 15 is 0 Å². The number of rotatable bonds is 4. The molecule has 0 saturated heterocycles. The summed E-state index contributed by atoms with van der Waals surface area (Å²) in [5.41, 5.74) is 0.721. The molecular formula is C16H23NO3S2. The number of thioether (sulfide) groups is 1. The molecule has 1 aromatic rings. The van der Waals surface area contributed by atoms with Crippen LogP contribution < -0.4 is 4.74 Å². The van der Waals surface area contributed by atoms with E-state index in [1.807, 2.05) is 52.0 Å². The summed E-state index contributed by atoms with van der Waals surface area (Å²) in [6, 6.07) is 7.68. The molecule has 6 heteroatoms. The second kappa shape index (κ2) is 8.39. The average Bonchev–Trinajstić information content (AvgIpc) is 2.44. The highest BCUT2D eigenvalue weighted by Crippen LogP contribution is 2.24. The van der Waals surface area contributed by atoms with Crippen molar-refractivity contribution in [3.63, 3.8) is 0 Å². The Hall–Kier alpha value is -1.27. The Morgan fingerprint density at radius 2 is 1.86 bits per heavy atom. The van der Waals surface area contributed by atoms with E-state index in [-0.39, 0.29) is 15.2 Å². The third-order valence-corrected chi connectivity index (χ3v) is 4.01. The van der Waals surface area contributed by atoms with Crippen molar-refractivity contribution in [1.29, 1.82) is 0 Å². The van der Waals surface area contributed by atoms with Crippen molar-refractivity contribution < 1.29 is 14.3 Å². The predicted molar refractivity (Wildman–Crippen MR) is 95.5 cm³/mol. The van der Waals surface area contributed by atoms with Gasteiger partial charge in [0.1, 0.15) is 5.75 Å². The first kappa shape index (κ1) is 18.8. The highest BCUT2D eigenvalue weighted by Gasteiger charge is 2.28. The fraction of sp³-hybridized carbons (Fsp3) is 0.500. The first-order valence-corrected chi connectivity index (χ1v) is 8.29. The Balaban J connectivity index is 2.84. The Kier molecular flexibility index (Phi) is 7.16. The molecule has 0 spiro atoms. The van der Waals surface area contributed by atoms with E-state index in [4.69, 9.17) is 21.7 Å². The van der Waals surface area contributed by atoms with Crippen LogP contribution in [0.15, 0.2) is 24.3 Å². The smallest absolute Gasteiger partial charge is 0.290 e. The first-order valence-electron chi connectivity index (χ1n) is 7.07. The lowest BCUT2D eigenvalue weighted by molar-refractivity contribution is 0.162. The predicted octanol–water partition coefficient (Wildman–Crippen LogP) is 4.47. The van der Waals surface area contributed by atoms with Crippen molar-refractivity contribution in [3.05, 3.63) is 29.8 Å². The number of thiocarbonyl (C=S) groups is 1. The van der Waals surface area contributed by atoms with Gasteiger partial charge in [0.25, 0.3) is 5.24 Å². The summed E-state index contributed by atoms with van der Waals surface area (Å²) in [7, 11) is 1.63. The summed E-state index contributed by atoms with van der Waals surface area (Å²) >= 11 is 6.00. The van der Waals surface area contributed by atoms with Gasteiger partial charge in [0, 0.05) is 23.8 Å². The summed E-state index contributed by atoms with van der Waals surface area (Å²) in [5.74, 6) is 0.796. The largest absolute Gasteiger partial charge is 0.497 e. The maximum Gasteiger partial charge on any atom is 0.290 e. The van der Waals surface area contributed by atoms with Gasteiger partial charge < -0.3 is 14.4 Å². The van der Waals surface area contributed by atoms with Gasteiger partial charge >= 0.3 is 0 Å². The van der Waals surface area contributed by atoms with E-state index in [2.05, 4.69) is 0 Å². The number of amides is 1. The fourth-order valence-electron chi connectivity index (χ4n) is 1.76. The Bertz CT molecular complexity index is 509. The number of nitrogens with zero attached hydrogens (tertiary/aromatic N) is 1. The van der Waals surface area contributed by atoms with Crippen LogP contribution in [0, 0.1) is 0 Å². The lowest BCUT2D eigenvalue weighted by Crippen LogP contribution is -2.43. The Morgan fingerprint density at radius 1 is 1.27 bits per heavy atom. The molecule has 4 nitrogen and oxygen atoms in total. The molecule has 0 aromatic heterocycles. The third-order valence-electron chi connectivity index (χ3n) is 2.96. The van der Waals surface area contributed by atoms with Gasteiger partial charge in [-0.2, -0.15) is 0 Å². The quantitative estimate of drug-likeness (QED) is 0.756. The molecule has 0 unspecified atom stereocenters. The van der Waals surface area contributed by atoms with Crippen molar-refractivity contribution in [2.24, 2.45) is 0 Å². The zero-order valence-corrected chi connectivity index (χ0v) is 15.3. The molecule has 0 saturated carbocycles. The molecule has 0 bridgehead atoms. The number of methoxy groups -OCH3 is 1. The van der Waals surface area contributed by atoms with Crippen LogP contribution in [0.3, 0.4) is 0 Å². The summed E-state index contributed by atoms with van der Waals surface area (Å²) in [4.78, 5) is 14.3. The minimum atomic E-state index is -0.314. The van der Waals surface area contributed by atoms with E-state index in [9.17, 15) is 4.79 Å². The van der Waals surface area contributed by atoms with E-state index in [0.29, 0.717) is 13.2 Å². The van der Waals surface area contributed by atoms with Crippen LogP contribution in [0.1, 0.15) is 33.3 Å². The van der Waals surface area contributed by atoms with Crippen molar-refractivity contribution in [1.82, 2.24) is 4.90 Å². The van der Waals surface area contributed by atoms with Gasteiger partial charge in [0.05, 0.1) is 13.7 Å². The minimum absolute atomic E-state index is 0.109. The molecule has 0 aliphatic rings. The van der Waals surface area contributed by atoms with E-state index in [1.54, 1.807) is 12.0 Å². The number of hydrogen-bond acceptors (Lipinski definition) is 5. The van der Waals surface area contributed by atoms with Crippen LogP contribution in [0.25, 0.3) is 0 Å². The molecule has 0 aliphatic carbocycles. The zero-order chi connectivity index (χ0) is 16.8. The molecule has 0 atom stereocenters. The maximum atomic E-state index is 12.5. The standard InChI is InChI=1S/C16H23NO3S2/c1-6-20-15(21)22-14(18)17(16(2,3)4)11-12-7-9-13(19-5)10-8-12/h7-10H,6,11H2,1-5H3. The monoisotopic (exact) mass is 341 g/mol. The van der Waals surface area contributed by atoms with Crippen molar-refractivity contribution in [2.75, 3.05) is 13.7 Å². The molecule has 0 N–H and O–H groups in total. The third kappa shape index (κ3) is 5.85. The molecule has 0 heterocycles. The fourth-order valence-corrected chi connectivity index (χ4v) is 2.86. The molecule has 0 fully saturated rings. The summed E-state index contributed by atoms with van der Waals surface area (Å²) in [6.45, 7) is 8.81. The number of benzene rings is 1. The molecule has 1 aromatic carbocycles. The molecular weight excluding hydrogens is 318 g/mol. The van der Waals surface area contributed by atoms with Crippen molar-refractivity contribution in [2.45, 2.75) is 39.8 Å². The molecule has 0 aliphatic heterocycles. The van der Waals surface area contributed by atoms with E-state index in [0.717, 1.165) is 23.1 Å². The van der Waals surface area contributed by atoms with Gasteiger partial charge in [-0.25, -0.2) is 0 Å². The number of hydrogen-bond donors (Lipinski definition) is 0. The summed E-state index contributed by atoms with van der Waals surface area (Å²) in [6.07, 6.45) is 0. The lowest BCUT2D eigenvalue weighted by Gasteiger charge is -2.35. The van der Waals surface area contributed by atoms with E-state index in [1.165, 1.54) is 0 Å². The molecule has 0 radical (unpaired) electrons. The molecule has 1 rings (SSSR count). The SMILES string of the molecule is CCOC(=S)SC(=O)N(Cc1ccc(OC)cc1)C(C)(C)C. The van der Waals surface area contributed by atoms with Crippen LogP contribution in [-0.4, -0.2) is 33.8 Å². The first-order chi connectivity index (χ1) is 10.3. The highest BCUT2D eigenvalue weighted by molar-refractivity contribution is 8.32. The van der Waals surface area contributed by atoms with Gasteiger partial charge in [-0.3, -0.25) is 4.79 Å². The van der Waals surface area contributed by atoms with Gasteiger partial charge in [-0.05, 0) is 57.6 Å². The summed E-state index contributed by atoms with van der Waals surface area (Å²) < 4.78 is 10.6. The van der Waals surface area contributed by atoms with Crippen LogP contribution in [0.2, 0.25) is 0 Å². The second-order valence-corrected chi connectivity index (χ2v) is 7.21. The Morgan fingerprint density at radius 3 is 2.32 bits per heavy atom. The lowest BCUT2D eigenvalue weighted by atomic mass is 10.1. The molecule has 1 amide bonds. The van der Waals surface area contributed by atoms with Crippen molar-refractivity contribution in [3.8, 4) is 5.75 Å². The number of carbonyl (C=O) groups excluding carboxylic acids is 1. The van der Waals surface area contributed by atoms with Crippen LogP contribution >= 0.6 is 24.0 Å². The normalized spacial score (nSPS) is 11.0. The second-order valence-electron chi connectivity index (χ2n) is 5.66.